The Kier molecular flexibility index (Phi) is 2.93. The molecule has 0 spiro atoms. The van der Waals surface area contributed by atoms with E-state index in [0.29, 0.717) is 6.42 Å². The van der Waals surface area contributed by atoms with E-state index in [2.05, 4.69) is 26.5 Å². The highest BCUT2D eigenvalue weighted by Crippen LogP contribution is 2.47. The van der Waals surface area contributed by atoms with Gasteiger partial charge in [-0.25, -0.2) is 4.79 Å². The van der Waals surface area contributed by atoms with Crippen LogP contribution >= 0.6 is 0 Å². The number of anilines is 1. The lowest BCUT2D eigenvalue weighted by Crippen LogP contribution is -2.40. The second-order valence-corrected chi connectivity index (χ2v) is 5.22. The van der Waals surface area contributed by atoms with Crippen LogP contribution in [0, 0.1) is 0 Å². The van der Waals surface area contributed by atoms with E-state index in [-0.39, 0.29) is 5.41 Å². The van der Waals surface area contributed by atoms with Gasteiger partial charge in [0.15, 0.2) is 0 Å². The number of aliphatic carboxylic acids is 1. The number of benzene rings is 1. The van der Waals surface area contributed by atoms with Crippen LogP contribution < -0.4 is 4.90 Å². The van der Waals surface area contributed by atoms with Crippen LogP contribution in [0.1, 0.15) is 32.8 Å². The summed E-state index contributed by atoms with van der Waals surface area (Å²) in [5, 5.41) is 9.36. The van der Waals surface area contributed by atoms with Crippen molar-refractivity contribution < 1.29 is 9.90 Å². The summed E-state index contributed by atoms with van der Waals surface area (Å²) in [6, 6.07) is 7.41. The molecule has 3 heteroatoms. The highest BCUT2D eigenvalue weighted by Gasteiger charge is 2.42. The Hall–Kier alpha value is -1.77. The summed E-state index contributed by atoms with van der Waals surface area (Å²) in [6.45, 7) is 10.2. The van der Waals surface area contributed by atoms with Crippen molar-refractivity contribution in [2.24, 2.45) is 0 Å². The van der Waals surface area contributed by atoms with Gasteiger partial charge < -0.3 is 10.0 Å². The number of hydrogen-bond donors (Lipinski definition) is 1. The van der Waals surface area contributed by atoms with Gasteiger partial charge in [-0.2, -0.15) is 0 Å². The number of nitrogens with zero attached hydrogens (tertiary/aromatic N) is 1. The third-order valence-corrected chi connectivity index (χ3v) is 3.83. The van der Waals surface area contributed by atoms with Gasteiger partial charge in [0.25, 0.3) is 0 Å². The fraction of sp³-hybridized carbons (Fsp3) is 0.400. The van der Waals surface area contributed by atoms with Crippen molar-refractivity contribution in [1.29, 1.82) is 0 Å². The van der Waals surface area contributed by atoms with Crippen molar-refractivity contribution in [3.8, 4) is 0 Å². The number of carboxylic acid groups (broad SMARTS) is 1. The van der Waals surface area contributed by atoms with Crippen LogP contribution in [0.5, 0.6) is 0 Å². The molecule has 0 saturated carbocycles. The highest BCUT2D eigenvalue weighted by molar-refractivity contribution is 5.83. The molecule has 1 aliphatic heterocycles. The van der Waals surface area contributed by atoms with Crippen LogP contribution in [0.3, 0.4) is 0 Å². The largest absolute Gasteiger partial charge is 0.480 e. The van der Waals surface area contributed by atoms with Crippen molar-refractivity contribution in [1.82, 2.24) is 0 Å². The average molecular weight is 245 g/mol. The molecular formula is C15H19NO2. The van der Waals surface area contributed by atoms with E-state index in [0.717, 1.165) is 16.9 Å². The van der Waals surface area contributed by atoms with Gasteiger partial charge in [0.2, 0.25) is 0 Å². The minimum Gasteiger partial charge on any atom is -0.480 e. The van der Waals surface area contributed by atoms with Gasteiger partial charge in [-0.05, 0) is 18.1 Å². The first-order valence-electron chi connectivity index (χ1n) is 6.22. The molecule has 0 aromatic heterocycles. The zero-order valence-corrected chi connectivity index (χ0v) is 11.1. The van der Waals surface area contributed by atoms with Crippen LogP contribution in [0.4, 0.5) is 5.69 Å². The van der Waals surface area contributed by atoms with Crippen LogP contribution in [0.15, 0.2) is 36.5 Å². The molecule has 1 N–H and O–H groups in total. The summed E-state index contributed by atoms with van der Waals surface area (Å²) in [4.78, 5) is 13.3. The molecule has 1 unspecified atom stereocenters. The van der Waals surface area contributed by atoms with Gasteiger partial charge in [0, 0.05) is 16.8 Å². The van der Waals surface area contributed by atoms with Crippen molar-refractivity contribution in [2.45, 2.75) is 38.6 Å². The third kappa shape index (κ3) is 1.62. The number of rotatable bonds is 3. The Morgan fingerprint density at radius 2 is 2.06 bits per heavy atom. The summed E-state index contributed by atoms with van der Waals surface area (Å²) in [5.74, 6) is -0.800. The summed E-state index contributed by atoms with van der Waals surface area (Å²) in [7, 11) is 0. The molecule has 96 valence electrons. The van der Waals surface area contributed by atoms with E-state index >= 15 is 0 Å². The number of carbonyl (C=O) groups is 1. The quantitative estimate of drug-likeness (QED) is 0.889. The molecule has 1 atom stereocenters. The molecule has 1 heterocycles. The Morgan fingerprint density at radius 1 is 1.44 bits per heavy atom. The van der Waals surface area contributed by atoms with Gasteiger partial charge in [0.05, 0.1) is 0 Å². The van der Waals surface area contributed by atoms with Crippen LogP contribution in [-0.2, 0) is 10.2 Å². The zero-order valence-electron chi connectivity index (χ0n) is 11.1. The molecule has 18 heavy (non-hydrogen) atoms. The minimum absolute atomic E-state index is 0.209. The maximum Gasteiger partial charge on any atom is 0.326 e. The van der Waals surface area contributed by atoms with Crippen LogP contribution in [0.25, 0.3) is 0 Å². The summed E-state index contributed by atoms with van der Waals surface area (Å²) >= 11 is 0. The first-order valence-corrected chi connectivity index (χ1v) is 6.22. The van der Waals surface area contributed by atoms with Gasteiger partial charge in [-0.15, -0.1) is 0 Å². The standard InChI is InChI=1S/C15H19NO2/c1-5-12(14(17)18)16-10(2)15(3,4)11-8-6-7-9-13(11)16/h6-9,12H,2,5H2,1,3-4H3,(H,17,18). The predicted octanol–water partition coefficient (Wildman–Crippen LogP) is 3.16. The first kappa shape index (κ1) is 12.7. The lowest BCUT2D eigenvalue weighted by molar-refractivity contribution is -0.138. The van der Waals surface area contributed by atoms with E-state index in [9.17, 15) is 9.90 Å². The molecule has 0 bridgehead atoms. The molecule has 1 aliphatic rings. The lowest BCUT2D eigenvalue weighted by atomic mass is 9.84. The Labute approximate surface area is 108 Å². The molecule has 2 rings (SSSR count). The van der Waals surface area contributed by atoms with Gasteiger partial charge in [0.1, 0.15) is 6.04 Å². The Bertz CT molecular complexity index is 505. The number of carboxylic acids is 1. The van der Waals surface area contributed by atoms with Gasteiger partial charge in [-0.3, -0.25) is 0 Å². The predicted molar refractivity (Wildman–Crippen MR) is 72.8 cm³/mol. The topological polar surface area (TPSA) is 40.5 Å². The Balaban J connectivity index is 2.57. The van der Waals surface area contributed by atoms with Crippen molar-refractivity contribution in [3.05, 3.63) is 42.1 Å². The molecule has 0 radical (unpaired) electrons. The summed E-state index contributed by atoms with van der Waals surface area (Å²) in [5.41, 5.74) is 2.77. The molecule has 0 aliphatic carbocycles. The van der Waals surface area contributed by atoms with Gasteiger partial charge >= 0.3 is 5.97 Å². The normalized spacial score (nSPS) is 18.6. The lowest BCUT2D eigenvalue weighted by Gasteiger charge is -2.30. The molecule has 1 aromatic carbocycles. The van der Waals surface area contributed by atoms with Crippen LogP contribution in [0.2, 0.25) is 0 Å². The van der Waals surface area contributed by atoms with Crippen molar-refractivity contribution >= 4 is 11.7 Å². The number of para-hydroxylation sites is 1. The fourth-order valence-electron chi connectivity index (χ4n) is 2.64. The maximum atomic E-state index is 11.4. The molecule has 3 nitrogen and oxygen atoms in total. The molecule has 0 amide bonds. The van der Waals surface area contributed by atoms with Gasteiger partial charge in [-0.1, -0.05) is 45.5 Å². The van der Waals surface area contributed by atoms with Crippen molar-refractivity contribution in [3.63, 3.8) is 0 Å². The second-order valence-electron chi connectivity index (χ2n) is 5.22. The molecule has 1 aromatic rings. The smallest absolute Gasteiger partial charge is 0.326 e. The average Bonchev–Trinajstić information content (AvgIpc) is 2.52. The fourth-order valence-corrected chi connectivity index (χ4v) is 2.64. The SMILES string of the molecule is C=C1N(C(CC)C(=O)O)c2ccccc2C1(C)C. The van der Waals surface area contributed by atoms with E-state index in [1.165, 1.54) is 0 Å². The van der Waals surface area contributed by atoms with E-state index in [1.807, 2.05) is 30.0 Å². The monoisotopic (exact) mass is 245 g/mol. The second kappa shape index (κ2) is 4.16. The minimum atomic E-state index is -0.800. The Morgan fingerprint density at radius 3 is 2.61 bits per heavy atom. The highest BCUT2D eigenvalue weighted by atomic mass is 16.4. The molecular weight excluding hydrogens is 226 g/mol. The van der Waals surface area contributed by atoms with E-state index in [1.54, 1.807) is 0 Å². The van der Waals surface area contributed by atoms with E-state index in [4.69, 9.17) is 0 Å². The first-order chi connectivity index (χ1) is 8.41. The summed E-state index contributed by atoms with van der Waals surface area (Å²) in [6.07, 6.45) is 0.554. The third-order valence-electron chi connectivity index (χ3n) is 3.83. The van der Waals surface area contributed by atoms with E-state index < -0.39 is 12.0 Å². The zero-order chi connectivity index (χ0) is 13.5. The maximum absolute atomic E-state index is 11.4. The molecule has 0 fully saturated rings. The van der Waals surface area contributed by atoms with Crippen molar-refractivity contribution in [2.75, 3.05) is 4.90 Å². The summed E-state index contributed by atoms with van der Waals surface area (Å²) < 4.78 is 0. The number of fused-ring (bicyclic) bond motifs is 1. The van der Waals surface area contributed by atoms with Crippen LogP contribution in [-0.4, -0.2) is 17.1 Å². The number of allylic oxidation sites excluding steroid dienone is 1. The number of hydrogen-bond acceptors (Lipinski definition) is 2. The molecule has 0 saturated heterocycles.